The molecule has 32 heavy (non-hydrogen) atoms. The smallest absolute Gasteiger partial charge is 0.311 e. The third-order valence-corrected chi connectivity index (χ3v) is 5.80. The predicted molar refractivity (Wildman–Crippen MR) is 122 cm³/mol. The summed E-state index contributed by atoms with van der Waals surface area (Å²) in [6, 6.07) is 15.3. The second kappa shape index (κ2) is 9.65. The topological polar surface area (TPSA) is 79.1 Å². The highest BCUT2D eigenvalue weighted by atomic mass is 32.1. The van der Waals surface area contributed by atoms with Gasteiger partial charge in [-0.1, -0.05) is 30.3 Å². The molecule has 0 saturated heterocycles. The third kappa shape index (κ3) is 4.50. The second-order valence-corrected chi connectivity index (χ2v) is 8.03. The quantitative estimate of drug-likeness (QED) is 0.275. The zero-order valence-electron chi connectivity index (χ0n) is 17.7. The normalized spacial score (nSPS) is 10.8. The van der Waals surface area contributed by atoms with Gasteiger partial charge in [-0.3, -0.25) is 14.0 Å². The summed E-state index contributed by atoms with van der Waals surface area (Å²) >= 11 is 1.35. The molecule has 0 aliphatic heterocycles. The van der Waals surface area contributed by atoms with Gasteiger partial charge in [0, 0.05) is 16.6 Å². The number of carbonyl (C=O) groups is 2. The van der Waals surface area contributed by atoms with Gasteiger partial charge < -0.3 is 14.2 Å². The number of fused-ring (bicyclic) bond motifs is 1. The molecular formula is C24H22N2O5S. The van der Waals surface area contributed by atoms with Gasteiger partial charge in [-0.05, 0) is 30.7 Å². The maximum atomic E-state index is 11.9. The zero-order valence-corrected chi connectivity index (χ0v) is 18.6. The van der Waals surface area contributed by atoms with Crippen LogP contribution in [-0.4, -0.2) is 35.4 Å². The fraction of sp³-hybridized carbons (Fsp3) is 0.208. The van der Waals surface area contributed by atoms with Crippen LogP contribution in [0, 0.1) is 0 Å². The molecule has 0 fully saturated rings. The van der Waals surface area contributed by atoms with E-state index in [1.807, 2.05) is 42.5 Å². The molecule has 0 atom stereocenters. The SMILES string of the molecule is CCOC(=O)Cc1cn2c(C=O)c(-c3ccc(OCc4ccccc4)c(OC)c3)nc2s1. The molecule has 0 radical (unpaired) electrons. The third-order valence-electron chi connectivity index (χ3n) is 4.82. The Morgan fingerprint density at radius 2 is 1.97 bits per heavy atom. The van der Waals surface area contributed by atoms with Crippen molar-refractivity contribution in [1.29, 1.82) is 0 Å². The van der Waals surface area contributed by atoms with Gasteiger partial charge in [0.15, 0.2) is 22.7 Å². The van der Waals surface area contributed by atoms with Crippen LogP contribution in [0.1, 0.15) is 27.9 Å². The van der Waals surface area contributed by atoms with Crippen molar-refractivity contribution < 1.29 is 23.8 Å². The van der Waals surface area contributed by atoms with Gasteiger partial charge in [0.2, 0.25) is 0 Å². The lowest BCUT2D eigenvalue weighted by atomic mass is 10.1. The number of imidazole rings is 1. The van der Waals surface area contributed by atoms with Crippen LogP contribution in [0.5, 0.6) is 11.5 Å². The van der Waals surface area contributed by atoms with E-state index >= 15 is 0 Å². The van der Waals surface area contributed by atoms with E-state index in [-0.39, 0.29) is 12.4 Å². The van der Waals surface area contributed by atoms with Crippen molar-refractivity contribution in [2.75, 3.05) is 13.7 Å². The first-order chi connectivity index (χ1) is 15.6. The molecule has 8 heteroatoms. The molecule has 0 saturated carbocycles. The van der Waals surface area contributed by atoms with E-state index in [0.29, 0.717) is 41.1 Å². The number of aromatic nitrogens is 2. The molecule has 0 unspecified atom stereocenters. The number of methoxy groups -OCH3 is 1. The van der Waals surface area contributed by atoms with Crippen LogP contribution in [0.2, 0.25) is 0 Å². The summed E-state index contributed by atoms with van der Waals surface area (Å²) in [6.45, 7) is 2.51. The summed E-state index contributed by atoms with van der Waals surface area (Å²) in [4.78, 5) is 29.7. The van der Waals surface area contributed by atoms with Gasteiger partial charge in [-0.15, -0.1) is 11.3 Å². The van der Waals surface area contributed by atoms with Crippen LogP contribution in [0.4, 0.5) is 0 Å². The molecule has 0 N–H and O–H groups in total. The molecule has 0 amide bonds. The number of ether oxygens (including phenoxy) is 3. The van der Waals surface area contributed by atoms with Gasteiger partial charge >= 0.3 is 5.97 Å². The summed E-state index contributed by atoms with van der Waals surface area (Å²) < 4.78 is 18.1. The number of hydrogen-bond donors (Lipinski definition) is 0. The molecule has 0 spiro atoms. The van der Waals surface area contributed by atoms with Crippen molar-refractivity contribution in [2.24, 2.45) is 0 Å². The lowest BCUT2D eigenvalue weighted by molar-refractivity contribution is -0.142. The van der Waals surface area contributed by atoms with Crippen LogP contribution in [0.15, 0.2) is 54.7 Å². The first-order valence-corrected chi connectivity index (χ1v) is 10.9. The van der Waals surface area contributed by atoms with Crippen molar-refractivity contribution in [3.05, 3.63) is 70.9 Å². The van der Waals surface area contributed by atoms with Crippen LogP contribution >= 0.6 is 11.3 Å². The molecule has 164 valence electrons. The molecule has 0 aliphatic carbocycles. The minimum absolute atomic E-state index is 0.150. The monoisotopic (exact) mass is 450 g/mol. The number of esters is 1. The second-order valence-electron chi connectivity index (χ2n) is 6.94. The van der Waals surface area contributed by atoms with Crippen molar-refractivity contribution in [1.82, 2.24) is 9.38 Å². The minimum atomic E-state index is -0.305. The highest BCUT2D eigenvalue weighted by Crippen LogP contribution is 2.35. The highest BCUT2D eigenvalue weighted by Gasteiger charge is 2.19. The first-order valence-electron chi connectivity index (χ1n) is 10.1. The molecule has 2 aromatic carbocycles. The van der Waals surface area contributed by atoms with Crippen molar-refractivity contribution in [2.45, 2.75) is 20.0 Å². The van der Waals surface area contributed by atoms with E-state index in [0.717, 1.165) is 22.3 Å². The Morgan fingerprint density at radius 3 is 2.69 bits per heavy atom. The number of nitrogens with zero attached hydrogens (tertiary/aromatic N) is 2. The maximum absolute atomic E-state index is 11.9. The van der Waals surface area contributed by atoms with E-state index in [4.69, 9.17) is 14.2 Å². The molecule has 2 heterocycles. The standard InChI is InChI=1S/C24H22N2O5S/c1-3-30-22(28)12-18-13-26-19(14-27)23(25-24(26)32-18)17-9-10-20(21(11-17)29-2)31-15-16-7-5-4-6-8-16/h4-11,13-14H,3,12,15H2,1-2H3. The predicted octanol–water partition coefficient (Wildman–Crippen LogP) is 4.57. The first kappa shape index (κ1) is 21.6. The van der Waals surface area contributed by atoms with Crippen molar-refractivity contribution in [3.63, 3.8) is 0 Å². The summed E-state index contributed by atoms with van der Waals surface area (Å²) in [5, 5.41) is 0. The Morgan fingerprint density at radius 1 is 1.16 bits per heavy atom. The molecular weight excluding hydrogens is 428 g/mol. The maximum Gasteiger partial charge on any atom is 0.311 e. The minimum Gasteiger partial charge on any atom is -0.493 e. The molecule has 4 aromatic rings. The van der Waals surface area contributed by atoms with Gasteiger partial charge in [-0.2, -0.15) is 0 Å². The van der Waals surface area contributed by atoms with E-state index < -0.39 is 0 Å². The van der Waals surface area contributed by atoms with E-state index in [1.54, 1.807) is 30.7 Å². The van der Waals surface area contributed by atoms with E-state index in [2.05, 4.69) is 4.98 Å². The summed E-state index contributed by atoms with van der Waals surface area (Å²) in [7, 11) is 1.57. The number of thiazole rings is 1. The summed E-state index contributed by atoms with van der Waals surface area (Å²) in [5.74, 6) is 0.848. The van der Waals surface area contributed by atoms with Gasteiger partial charge in [0.05, 0.1) is 20.1 Å². The lowest BCUT2D eigenvalue weighted by Crippen LogP contribution is -2.06. The van der Waals surface area contributed by atoms with Crippen LogP contribution in [0.3, 0.4) is 0 Å². The summed E-state index contributed by atoms with van der Waals surface area (Å²) in [5.41, 5.74) is 2.74. The van der Waals surface area contributed by atoms with Gasteiger partial charge in [0.25, 0.3) is 0 Å². The fourth-order valence-electron chi connectivity index (χ4n) is 3.34. The van der Waals surface area contributed by atoms with E-state index in [1.165, 1.54) is 11.3 Å². The van der Waals surface area contributed by atoms with Crippen LogP contribution < -0.4 is 9.47 Å². The van der Waals surface area contributed by atoms with Gasteiger partial charge in [-0.25, -0.2) is 4.98 Å². The van der Waals surface area contributed by atoms with Crippen LogP contribution in [-0.2, 0) is 22.6 Å². The fourth-order valence-corrected chi connectivity index (χ4v) is 4.31. The number of hydrogen-bond acceptors (Lipinski definition) is 7. The Kier molecular flexibility index (Phi) is 6.51. The number of rotatable bonds is 9. The molecule has 2 aromatic heterocycles. The molecule has 7 nitrogen and oxygen atoms in total. The molecule has 4 rings (SSSR count). The Labute approximate surface area is 189 Å². The molecule has 0 bridgehead atoms. The van der Waals surface area contributed by atoms with Crippen molar-refractivity contribution >= 4 is 28.6 Å². The summed E-state index contributed by atoms with van der Waals surface area (Å²) in [6.07, 6.45) is 2.67. The van der Waals surface area contributed by atoms with E-state index in [9.17, 15) is 9.59 Å². The Bertz CT molecular complexity index is 1250. The number of aldehydes is 1. The molecule has 0 aliphatic rings. The van der Waals surface area contributed by atoms with Gasteiger partial charge in [0.1, 0.15) is 18.0 Å². The highest BCUT2D eigenvalue weighted by molar-refractivity contribution is 7.17. The number of carbonyl (C=O) groups excluding carboxylic acids is 2. The largest absolute Gasteiger partial charge is 0.493 e. The average Bonchev–Trinajstić information content (AvgIpc) is 3.35. The van der Waals surface area contributed by atoms with Crippen molar-refractivity contribution in [3.8, 4) is 22.8 Å². The zero-order chi connectivity index (χ0) is 22.5. The lowest BCUT2D eigenvalue weighted by Gasteiger charge is -2.12. The Balaban J connectivity index is 1.60. The number of benzene rings is 2. The van der Waals surface area contributed by atoms with Crippen LogP contribution in [0.25, 0.3) is 16.2 Å². The average molecular weight is 451 g/mol. The Hall–Kier alpha value is -3.65.